The number of methoxy groups -OCH3 is 1. The van der Waals surface area contributed by atoms with Crippen LogP contribution in [0, 0.1) is 17.8 Å². The van der Waals surface area contributed by atoms with Gasteiger partial charge in [-0.15, -0.1) is 4.36 Å². The summed E-state index contributed by atoms with van der Waals surface area (Å²) in [6.07, 6.45) is 11.4. The lowest BCUT2D eigenvalue weighted by Crippen LogP contribution is -2.49. The van der Waals surface area contributed by atoms with Crippen LogP contribution in [0.1, 0.15) is 70.9 Å². The van der Waals surface area contributed by atoms with E-state index in [4.69, 9.17) is 21.1 Å². The lowest BCUT2D eigenvalue weighted by atomic mass is 9.68. The molecule has 2 aliphatic carbocycles. The second kappa shape index (κ2) is 14.3. The number of carbonyl (C=O) groups excluding carboxylic acids is 2. The van der Waals surface area contributed by atoms with Crippen LogP contribution in [0.3, 0.4) is 0 Å². The number of aryl methyl sites for hydroxylation is 2. The molecule has 2 amide bonds. The standard InChI is InChI=1S/C38H47ClN6O5S/c1-24-7-5-9-33(49-4)29-13-10-27(29)19-45-22-38(16-6-8-25-17-28(39)12-14-31(25)38)23-50-34-15-11-26(18-32(34)45)36(46)42-51(48,21-24)43-37(47)30-20-44(3)41-35(30)40-2/h5,9,11-12,14-15,17-18,20,24,27,29,33H,6-8,10,13,16,19,21-23H2,1-4H3,(H,40,41)(H,42,43,46,47,48)/b9-5-/t24-,27-,29+,33-,38-,51?/m0/s1. The molecule has 3 aromatic rings. The number of allylic oxidation sites excluding steroid dienone is 1. The number of nitrogens with zero attached hydrogens (tertiary/aromatic N) is 4. The topological polar surface area (TPSA) is 127 Å². The summed E-state index contributed by atoms with van der Waals surface area (Å²) in [6, 6.07) is 11.6. The highest BCUT2D eigenvalue weighted by Crippen LogP contribution is 2.47. The number of hydrogen-bond donors (Lipinski definition) is 2. The lowest BCUT2D eigenvalue weighted by Gasteiger charge is -2.46. The predicted octanol–water partition coefficient (Wildman–Crippen LogP) is 6.18. The van der Waals surface area contributed by atoms with Crippen molar-refractivity contribution < 1.29 is 23.3 Å². The third-order valence-corrected chi connectivity index (χ3v) is 13.3. The molecule has 1 saturated carbocycles. The van der Waals surface area contributed by atoms with Crippen LogP contribution in [-0.4, -0.2) is 71.5 Å². The molecule has 4 aliphatic rings. The van der Waals surface area contributed by atoms with Gasteiger partial charge in [0, 0.05) is 56.5 Å². The Balaban J connectivity index is 1.31. The zero-order valence-electron chi connectivity index (χ0n) is 29.7. The van der Waals surface area contributed by atoms with Crippen molar-refractivity contribution in [1.82, 2.24) is 14.5 Å². The van der Waals surface area contributed by atoms with Crippen LogP contribution < -0.4 is 19.7 Å². The average Bonchev–Trinajstić information content (AvgIpc) is 3.40. The van der Waals surface area contributed by atoms with Crippen LogP contribution in [-0.2, 0) is 33.5 Å². The van der Waals surface area contributed by atoms with E-state index >= 15 is 0 Å². The summed E-state index contributed by atoms with van der Waals surface area (Å²) in [6.45, 7) is 3.93. The molecule has 51 heavy (non-hydrogen) atoms. The summed E-state index contributed by atoms with van der Waals surface area (Å²) in [7, 11) is 1.55. The van der Waals surface area contributed by atoms with Gasteiger partial charge in [0.1, 0.15) is 21.2 Å². The number of rotatable bonds is 4. The van der Waals surface area contributed by atoms with E-state index in [1.165, 1.54) is 15.8 Å². The molecule has 13 heteroatoms. The summed E-state index contributed by atoms with van der Waals surface area (Å²) in [5, 5.41) is 7.89. The Hall–Kier alpha value is -3.87. The Labute approximate surface area is 305 Å². The molecule has 1 fully saturated rings. The Morgan fingerprint density at radius 3 is 2.80 bits per heavy atom. The fourth-order valence-electron chi connectivity index (χ4n) is 8.41. The number of aromatic nitrogens is 2. The van der Waals surface area contributed by atoms with Gasteiger partial charge in [-0.25, -0.2) is 4.21 Å². The first-order valence-corrected chi connectivity index (χ1v) is 19.9. The molecule has 3 heterocycles. The van der Waals surface area contributed by atoms with Crippen molar-refractivity contribution >= 4 is 44.8 Å². The van der Waals surface area contributed by atoms with Crippen LogP contribution in [0.2, 0.25) is 5.02 Å². The molecule has 2 bridgehead atoms. The van der Waals surface area contributed by atoms with E-state index in [1.54, 1.807) is 33.5 Å². The summed E-state index contributed by atoms with van der Waals surface area (Å²) >= 11 is 6.46. The maximum Gasteiger partial charge on any atom is 0.286 e. The molecule has 0 saturated heterocycles. The Bertz CT molecular complexity index is 1990. The van der Waals surface area contributed by atoms with Gasteiger partial charge in [-0.3, -0.25) is 19.0 Å². The van der Waals surface area contributed by atoms with E-state index in [0.717, 1.165) is 49.4 Å². The van der Waals surface area contributed by atoms with Gasteiger partial charge in [0.15, 0.2) is 5.82 Å². The molecular formula is C38H47ClN6O5S. The monoisotopic (exact) mass is 734 g/mol. The fourth-order valence-corrected chi connectivity index (χ4v) is 10.5. The molecule has 1 unspecified atom stereocenters. The zero-order valence-corrected chi connectivity index (χ0v) is 31.3. The molecule has 2 aliphatic heterocycles. The van der Waals surface area contributed by atoms with Crippen LogP contribution in [0.15, 0.2) is 59.1 Å². The number of anilines is 2. The van der Waals surface area contributed by atoms with Crippen molar-refractivity contribution in [2.45, 2.75) is 57.0 Å². The molecule has 2 aromatic carbocycles. The highest BCUT2D eigenvalue weighted by molar-refractivity contribution is 7.92. The van der Waals surface area contributed by atoms with Crippen LogP contribution >= 0.6 is 11.6 Å². The fraction of sp³-hybridized carbons (Fsp3) is 0.500. The minimum atomic E-state index is -3.57. The number of fused-ring (bicyclic) bond motifs is 4. The van der Waals surface area contributed by atoms with Crippen LogP contribution in [0.25, 0.3) is 0 Å². The number of nitrogens with one attached hydrogen (secondary N) is 2. The summed E-state index contributed by atoms with van der Waals surface area (Å²) in [5.41, 5.74) is 3.58. The second-order valence-electron chi connectivity index (χ2n) is 14.7. The van der Waals surface area contributed by atoms with E-state index in [0.29, 0.717) is 43.0 Å². The van der Waals surface area contributed by atoms with Crippen molar-refractivity contribution in [3.63, 3.8) is 0 Å². The maximum absolute atomic E-state index is 14.6. The minimum Gasteiger partial charge on any atom is -0.490 e. The molecule has 7 rings (SSSR count). The summed E-state index contributed by atoms with van der Waals surface area (Å²) in [4.78, 5) is 29.9. The predicted molar refractivity (Wildman–Crippen MR) is 200 cm³/mol. The average molecular weight is 735 g/mol. The summed E-state index contributed by atoms with van der Waals surface area (Å²) < 4.78 is 35.7. The first-order valence-electron chi connectivity index (χ1n) is 17.8. The van der Waals surface area contributed by atoms with Gasteiger partial charge in [0.2, 0.25) is 0 Å². The zero-order chi connectivity index (χ0) is 35.9. The molecule has 11 nitrogen and oxygen atoms in total. The molecule has 1 spiro atoms. The van der Waals surface area contributed by atoms with Gasteiger partial charge >= 0.3 is 0 Å². The number of benzene rings is 2. The van der Waals surface area contributed by atoms with Crippen molar-refractivity contribution in [2.24, 2.45) is 29.2 Å². The first-order chi connectivity index (χ1) is 24.5. The number of carbonyl (C=O) groups is 2. The number of amides is 2. The van der Waals surface area contributed by atoms with Gasteiger partial charge in [-0.05, 0) is 97.7 Å². The molecule has 272 valence electrons. The lowest BCUT2D eigenvalue weighted by molar-refractivity contribution is 0.0131. The van der Waals surface area contributed by atoms with Crippen molar-refractivity contribution in [2.75, 3.05) is 49.8 Å². The normalized spacial score (nSPS) is 29.7. The third kappa shape index (κ3) is 7.15. The minimum absolute atomic E-state index is 0.0141. The highest BCUT2D eigenvalue weighted by atomic mass is 35.5. The third-order valence-electron chi connectivity index (χ3n) is 11.1. The number of hydrogen-bond acceptors (Lipinski definition) is 8. The molecule has 0 radical (unpaired) electrons. The van der Waals surface area contributed by atoms with Gasteiger partial charge in [0.25, 0.3) is 11.8 Å². The number of ether oxygens (including phenoxy) is 2. The van der Waals surface area contributed by atoms with Gasteiger partial charge in [-0.1, -0.05) is 36.7 Å². The van der Waals surface area contributed by atoms with E-state index < -0.39 is 21.7 Å². The summed E-state index contributed by atoms with van der Waals surface area (Å²) in [5.74, 6) is 0.294. The van der Waals surface area contributed by atoms with Gasteiger partial charge in [0.05, 0.1) is 24.2 Å². The Morgan fingerprint density at radius 2 is 2.04 bits per heavy atom. The van der Waals surface area contributed by atoms with Gasteiger partial charge < -0.3 is 19.7 Å². The SMILES string of the molecule is CNc1nn(C)cc1C(=O)NS1(=O)=NC(=O)c2ccc3c(c2)N(C[C@@H]2CC[C@H]2[C@@H](OC)/C=C\C[C@H](C)C1)C[C@@]1(CCCc2cc(Cl)ccc21)CO3. The largest absolute Gasteiger partial charge is 0.490 e. The molecule has 6 atom stereocenters. The van der Waals surface area contributed by atoms with E-state index in [-0.39, 0.29) is 34.3 Å². The molecular weight excluding hydrogens is 688 g/mol. The van der Waals surface area contributed by atoms with Crippen LogP contribution in [0.5, 0.6) is 5.75 Å². The van der Waals surface area contributed by atoms with E-state index in [2.05, 4.69) is 48.7 Å². The molecule has 2 N–H and O–H groups in total. The van der Waals surface area contributed by atoms with Gasteiger partial charge in [-0.2, -0.15) is 5.10 Å². The molecule has 1 aromatic heterocycles. The maximum atomic E-state index is 14.6. The quantitative estimate of drug-likeness (QED) is 0.305. The Kier molecular flexibility index (Phi) is 9.94. The van der Waals surface area contributed by atoms with E-state index in [1.807, 2.05) is 25.1 Å². The van der Waals surface area contributed by atoms with Crippen molar-refractivity contribution in [3.05, 3.63) is 82.0 Å². The van der Waals surface area contributed by atoms with E-state index in [9.17, 15) is 13.8 Å². The first kappa shape index (κ1) is 35.5. The smallest absolute Gasteiger partial charge is 0.286 e. The second-order valence-corrected chi connectivity index (χ2v) is 17.1. The highest BCUT2D eigenvalue weighted by Gasteiger charge is 2.44. The van der Waals surface area contributed by atoms with Crippen molar-refractivity contribution in [3.8, 4) is 5.75 Å². The Morgan fingerprint density at radius 1 is 1.20 bits per heavy atom. The van der Waals surface area contributed by atoms with Crippen LogP contribution in [0.4, 0.5) is 11.5 Å². The number of halogens is 1. The van der Waals surface area contributed by atoms with Crippen molar-refractivity contribution in [1.29, 1.82) is 0 Å².